The average Bonchev–Trinajstić information content (AvgIpc) is 2.67. The Labute approximate surface area is 181 Å². The maximum absolute atomic E-state index is 2.49. The quantitative estimate of drug-likeness (QED) is 0.160. The van der Waals surface area contributed by atoms with Gasteiger partial charge in [-0.2, -0.15) is 0 Å². The molecular formula is C28H58. The first-order chi connectivity index (χ1) is 13.6. The molecule has 0 N–H and O–H groups in total. The molecule has 0 aliphatic heterocycles. The Bertz CT molecular complexity index is 282. The molecule has 0 aromatic heterocycles. The Kier molecular flexibility index (Phi) is 21.7. The molecule has 0 aliphatic rings. The van der Waals surface area contributed by atoms with Crippen molar-refractivity contribution in [3.05, 3.63) is 0 Å². The van der Waals surface area contributed by atoms with Gasteiger partial charge in [0, 0.05) is 0 Å². The highest BCUT2D eigenvalue weighted by molar-refractivity contribution is 4.60. The lowest BCUT2D eigenvalue weighted by Crippen LogP contribution is -2.00. The van der Waals surface area contributed by atoms with E-state index in [4.69, 9.17) is 0 Å². The second-order valence-corrected chi connectivity index (χ2v) is 10.3. The summed E-state index contributed by atoms with van der Waals surface area (Å²) >= 11 is 0. The molecule has 0 rings (SSSR count). The Hall–Kier alpha value is 0. The van der Waals surface area contributed by atoms with Gasteiger partial charge in [0.1, 0.15) is 0 Å². The normalized spacial score (nSPS) is 14.9. The van der Waals surface area contributed by atoms with Crippen molar-refractivity contribution in [2.45, 2.75) is 163 Å². The third-order valence-corrected chi connectivity index (χ3v) is 6.89. The van der Waals surface area contributed by atoms with Gasteiger partial charge in [0.15, 0.2) is 0 Å². The van der Waals surface area contributed by atoms with Crippen molar-refractivity contribution in [2.24, 2.45) is 17.8 Å². The molecule has 0 aliphatic carbocycles. The molecule has 3 unspecified atom stereocenters. The van der Waals surface area contributed by atoms with Crippen LogP contribution in [-0.2, 0) is 0 Å². The van der Waals surface area contributed by atoms with Crippen LogP contribution in [-0.4, -0.2) is 0 Å². The van der Waals surface area contributed by atoms with Crippen LogP contribution in [0, 0.1) is 17.8 Å². The zero-order chi connectivity index (χ0) is 20.9. The summed E-state index contributed by atoms with van der Waals surface area (Å²) in [7, 11) is 0. The second kappa shape index (κ2) is 21.7. The molecule has 0 aromatic carbocycles. The Morgan fingerprint density at radius 1 is 0.321 bits per heavy atom. The van der Waals surface area contributed by atoms with Crippen molar-refractivity contribution in [1.82, 2.24) is 0 Å². The zero-order valence-corrected chi connectivity index (χ0v) is 20.9. The van der Waals surface area contributed by atoms with Crippen LogP contribution in [0.15, 0.2) is 0 Å². The van der Waals surface area contributed by atoms with E-state index in [0.717, 1.165) is 17.8 Å². The van der Waals surface area contributed by atoms with Gasteiger partial charge in [-0.05, 0) is 17.8 Å². The Morgan fingerprint density at radius 3 is 0.964 bits per heavy atom. The van der Waals surface area contributed by atoms with Crippen LogP contribution in [0.25, 0.3) is 0 Å². The van der Waals surface area contributed by atoms with Crippen molar-refractivity contribution in [3.8, 4) is 0 Å². The fraction of sp³-hybridized carbons (Fsp3) is 1.00. The van der Waals surface area contributed by atoms with Gasteiger partial charge in [-0.3, -0.25) is 0 Å². The average molecular weight is 395 g/mol. The van der Waals surface area contributed by atoms with Gasteiger partial charge in [-0.15, -0.1) is 0 Å². The van der Waals surface area contributed by atoms with Crippen LogP contribution in [0.5, 0.6) is 0 Å². The second-order valence-electron chi connectivity index (χ2n) is 10.3. The highest BCUT2D eigenvalue weighted by Crippen LogP contribution is 2.22. The molecule has 170 valence electrons. The van der Waals surface area contributed by atoms with E-state index in [2.05, 4.69) is 34.6 Å². The lowest BCUT2D eigenvalue weighted by molar-refractivity contribution is 0.385. The molecular weight excluding hydrogens is 336 g/mol. The Balaban J connectivity index is 3.38. The van der Waals surface area contributed by atoms with E-state index in [9.17, 15) is 0 Å². The van der Waals surface area contributed by atoms with E-state index in [1.807, 2.05) is 0 Å². The smallest absolute Gasteiger partial charge is 0.0443 e. The van der Waals surface area contributed by atoms with Crippen LogP contribution < -0.4 is 0 Å². The number of rotatable bonds is 22. The molecule has 0 fully saturated rings. The summed E-state index contributed by atoms with van der Waals surface area (Å²) in [5.74, 6) is 2.87. The lowest BCUT2D eigenvalue weighted by atomic mass is 9.91. The number of hydrogen-bond donors (Lipinski definition) is 0. The molecule has 0 saturated heterocycles. The molecule has 0 saturated carbocycles. The SMILES string of the molecule is CCCCCCCCC(C)CCCCCC(C)CCCC(C)CCCCCC. The molecule has 0 bridgehead atoms. The number of unbranched alkanes of at least 4 members (excludes halogenated alkanes) is 10. The van der Waals surface area contributed by atoms with Crippen molar-refractivity contribution < 1.29 is 0 Å². The van der Waals surface area contributed by atoms with E-state index in [1.165, 1.54) is 128 Å². The first-order valence-electron chi connectivity index (χ1n) is 13.6. The summed E-state index contributed by atoms with van der Waals surface area (Å²) in [6.07, 6.45) is 29.1. The van der Waals surface area contributed by atoms with Gasteiger partial charge in [-0.25, -0.2) is 0 Å². The van der Waals surface area contributed by atoms with Crippen LogP contribution in [0.3, 0.4) is 0 Å². The van der Waals surface area contributed by atoms with E-state index in [-0.39, 0.29) is 0 Å². The zero-order valence-electron chi connectivity index (χ0n) is 20.9. The van der Waals surface area contributed by atoms with E-state index >= 15 is 0 Å². The third-order valence-electron chi connectivity index (χ3n) is 6.89. The first kappa shape index (κ1) is 28.0. The minimum absolute atomic E-state index is 0.952. The summed E-state index contributed by atoms with van der Waals surface area (Å²) < 4.78 is 0. The topological polar surface area (TPSA) is 0 Å². The number of hydrogen-bond acceptors (Lipinski definition) is 0. The summed E-state index contributed by atoms with van der Waals surface area (Å²) in [5, 5.41) is 0. The summed E-state index contributed by atoms with van der Waals surface area (Å²) in [6.45, 7) is 12.1. The van der Waals surface area contributed by atoms with Crippen LogP contribution in [0.1, 0.15) is 163 Å². The van der Waals surface area contributed by atoms with E-state index < -0.39 is 0 Å². The fourth-order valence-corrected chi connectivity index (χ4v) is 4.60. The van der Waals surface area contributed by atoms with Gasteiger partial charge in [0.25, 0.3) is 0 Å². The minimum Gasteiger partial charge on any atom is -0.0654 e. The predicted octanol–water partition coefficient (Wildman–Crippen LogP) is 10.7. The highest BCUT2D eigenvalue weighted by Gasteiger charge is 2.07. The predicted molar refractivity (Wildman–Crippen MR) is 131 cm³/mol. The van der Waals surface area contributed by atoms with E-state index in [0.29, 0.717) is 0 Å². The molecule has 28 heavy (non-hydrogen) atoms. The Morgan fingerprint density at radius 2 is 0.571 bits per heavy atom. The summed E-state index contributed by atoms with van der Waals surface area (Å²) in [4.78, 5) is 0. The maximum Gasteiger partial charge on any atom is -0.0443 e. The van der Waals surface area contributed by atoms with Crippen molar-refractivity contribution in [3.63, 3.8) is 0 Å². The molecule has 0 spiro atoms. The van der Waals surface area contributed by atoms with Gasteiger partial charge < -0.3 is 0 Å². The molecule has 0 radical (unpaired) electrons. The van der Waals surface area contributed by atoms with Crippen molar-refractivity contribution >= 4 is 0 Å². The first-order valence-corrected chi connectivity index (χ1v) is 13.6. The maximum atomic E-state index is 2.49. The van der Waals surface area contributed by atoms with Crippen LogP contribution >= 0.6 is 0 Å². The van der Waals surface area contributed by atoms with Crippen LogP contribution in [0.2, 0.25) is 0 Å². The minimum atomic E-state index is 0.952. The molecule has 0 aromatic rings. The largest absolute Gasteiger partial charge is 0.0654 e. The third kappa shape index (κ3) is 20.7. The van der Waals surface area contributed by atoms with Gasteiger partial charge in [0.2, 0.25) is 0 Å². The summed E-state index contributed by atoms with van der Waals surface area (Å²) in [5.41, 5.74) is 0. The lowest BCUT2D eigenvalue weighted by Gasteiger charge is -2.15. The van der Waals surface area contributed by atoms with Gasteiger partial charge >= 0.3 is 0 Å². The standard InChI is InChI=1S/C28H58/c1-6-8-10-12-13-16-21-26(3)22-17-14-18-23-28(5)25-19-24-27(4)20-15-11-9-7-2/h26-28H,6-25H2,1-5H3. The molecule has 0 amide bonds. The monoisotopic (exact) mass is 394 g/mol. The summed E-state index contributed by atoms with van der Waals surface area (Å²) in [6, 6.07) is 0. The van der Waals surface area contributed by atoms with Crippen molar-refractivity contribution in [2.75, 3.05) is 0 Å². The fourth-order valence-electron chi connectivity index (χ4n) is 4.60. The molecule has 0 nitrogen and oxygen atoms in total. The molecule has 0 heterocycles. The molecule has 3 atom stereocenters. The van der Waals surface area contributed by atoms with E-state index in [1.54, 1.807) is 0 Å². The van der Waals surface area contributed by atoms with Gasteiger partial charge in [0.05, 0.1) is 0 Å². The molecule has 0 heteroatoms. The van der Waals surface area contributed by atoms with Crippen LogP contribution in [0.4, 0.5) is 0 Å². The van der Waals surface area contributed by atoms with Gasteiger partial charge in [-0.1, -0.05) is 163 Å². The highest BCUT2D eigenvalue weighted by atomic mass is 14.1. The van der Waals surface area contributed by atoms with Crippen molar-refractivity contribution in [1.29, 1.82) is 0 Å².